The molecule has 4 N–H and O–H groups in total. The monoisotopic (exact) mass is 948 g/mol. The molecule has 0 fully saturated rings. The lowest BCUT2D eigenvalue weighted by molar-refractivity contribution is -0.118. The van der Waals surface area contributed by atoms with Gasteiger partial charge >= 0.3 is 12.4 Å². The van der Waals surface area contributed by atoms with Crippen LogP contribution in [0.2, 0.25) is 0 Å². The van der Waals surface area contributed by atoms with E-state index in [2.05, 4.69) is 51.4 Å². The van der Waals surface area contributed by atoms with E-state index < -0.39 is 31.0 Å². The summed E-state index contributed by atoms with van der Waals surface area (Å²) in [6, 6.07) is 23.9. The van der Waals surface area contributed by atoms with Crippen LogP contribution in [0, 0.1) is 13.8 Å². The highest BCUT2D eigenvalue weighted by Crippen LogP contribution is 2.27. The average Bonchev–Trinajstić information content (AvgIpc) is 3.88. The minimum atomic E-state index is -4.41. The Hall–Kier alpha value is -8.60. The first kappa shape index (κ1) is 46.9. The maximum absolute atomic E-state index is 13.6. The van der Waals surface area contributed by atoms with Crippen LogP contribution in [-0.4, -0.2) is 84.5 Å². The topological polar surface area (TPSA) is 215 Å². The van der Waals surface area contributed by atoms with E-state index in [9.17, 15) is 40.7 Å². The van der Waals surface area contributed by atoms with Gasteiger partial charge in [-0.05, 0) is 80.6 Å². The number of aromatic amines is 1. The Morgan fingerprint density at radius 2 is 1.10 bits per heavy atom. The lowest BCUT2D eigenvalue weighted by atomic mass is 10.1. The van der Waals surface area contributed by atoms with E-state index in [0.717, 1.165) is 33.2 Å². The van der Waals surface area contributed by atoms with E-state index in [-0.39, 0.29) is 28.0 Å². The largest absolute Gasteiger partial charge is 0.405 e. The number of nitrogens with two attached hydrogens (primary N) is 1. The molecule has 0 aliphatic heterocycles. The highest BCUT2D eigenvalue weighted by molar-refractivity contribution is 5.92. The molecule has 2 aromatic carbocycles. The molecule has 23 heteroatoms. The fraction of sp³-hybridized carbons (Fsp3) is 0.174. The van der Waals surface area contributed by atoms with Gasteiger partial charge in [0, 0.05) is 78.2 Å². The van der Waals surface area contributed by atoms with Crippen LogP contribution in [0.4, 0.5) is 32.2 Å². The number of benzene rings is 2. The summed E-state index contributed by atoms with van der Waals surface area (Å²) in [6.07, 6.45) is -1.71. The highest BCUT2D eigenvalue weighted by Gasteiger charge is 2.27. The molecule has 0 saturated carbocycles. The molecule has 0 bridgehead atoms. The Labute approximate surface area is 384 Å². The number of hydrogen-bond donors (Lipinski definition) is 3. The number of H-pyrrole nitrogens is 1. The van der Waals surface area contributed by atoms with Gasteiger partial charge in [0.2, 0.25) is 5.56 Å². The van der Waals surface area contributed by atoms with Crippen molar-refractivity contribution < 1.29 is 26.3 Å². The van der Waals surface area contributed by atoms with Gasteiger partial charge in [0.1, 0.15) is 28.9 Å². The van der Waals surface area contributed by atoms with Gasteiger partial charge in [-0.15, -0.1) is 0 Å². The number of nitrogens with zero attached hydrogens (tertiary/aromatic N) is 11. The maximum Gasteiger partial charge on any atom is 0.405 e. The van der Waals surface area contributed by atoms with E-state index in [1.54, 1.807) is 65.1 Å². The first-order chi connectivity index (χ1) is 32.7. The molecule has 352 valence electrons. The number of hydrogen-bond acceptors (Lipinski definition) is 12. The molecule has 0 saturated heterocycles. The molecule has 0 aliphatic rings. The number of alkyl halides is 6. The van der Waals surface area contributed by atoms with Crippen LogP contribution in [0.1, 0.15) is 11.4 Å². The third kappa shape index (κ3) is 10.5. The molecule has 10 aromatic rings. The van der Waals surface area contributed by atoms with E-state index in [1.165, 1.54) is 33.8 Å². The van der Waals surface area contributed by atoms with E-state index >= 15 is 0 Å². The second kappa shape index (κ2) is 18.6. The van der Waals surface area contributed by atoms with Crippen molar-refractivity contribution in [2.24, 2.45) is 19.8 Å². The molecule has 0 amide bonds. The Morgan fingerprint density at radius 3 is 1.61 bits per heavy atom. The van der Waals surface area contributed by atoms with Gasteiger partial charge in [-0.3, -0.25) is 33.7 Å². The zero-order valence-electron chi connectivity index (χ0n) is 36.8. The van der Waals surface area contributed by atoms with Crippen LogP contribution in [0.15, 0.2) is 124 Å². The molecule has 0 spiro atoms. The number of pyridine rings is 4. The molecule has 8 aromatic heterocycles. The summed E-state index contributed by atoms with van der Waals surface area (Å²) in [5, 5.41) is 21.6. The van der Waals surface area contributed by atoms with Crippen molar-refractivity contribution in [1.29, 1.82) is 0 Å². The third-order valence-corrected chi connectivity index (χ3v) is 10.3. The van der Waals surface area contributed by atoms with E-state index in [1.807, 2.05) is 57.6 Å². The quantitative estimate of drug-likeness (QED) is 0.146. The lowest BCUT2D eigenvalue weighted by Gasteiger charge is -2.13. The van der Waals surface area contributed by atoms with Gasteiger partial charge in [-0.2, -0.15) is 56.1 Å². The van der Waals surface area contributed by atoms with Crippen LogP contribution in [0.5, 0.6) is 0 Å². The summed E-state index contributed by atoms with van der Waals surface area (Å²) in [5.41, 5.74) is 10.5. The summed E-state index contributed by atoms with van der Waals surface area (Å²) in [7, 11) is 3.65. The second-order valence-electron chi connectivity index (χ2n) is 15.6. The number of halogens is 6. The summed E-state index contributed by atoms with van der Waals surface area (Å²) < 4.78 is 76.0. The van der Waals surface area contributed by atoms with Gasteiger partial charge in [0.25, 0.3) is 11.1 Å². The van der Waals surface area contributed by atoms with Crippen molar-refractivity contribution in [3.8, 4) is 33.6 Å². The molecule has 0 aliphatic carbocycles. The number of anilines is 1. The number of rotatable bonds is 6. The number of aryl methyl sites for hydroxylation is 4. The molecule has 0 atom stereocenters. The predicted octanol–water partition coefficient (Wildman–Crippen LogP) is 6.85. The maximum atomic E-state index is 13.6. The minimum Gasteiger partial charge on any atom is -0.361 e. The number of aromatic nitrogens is 12. The molecular formula is C46H38F6N14O3. The summed E-state index contributed by atoms with van der Waals surface area (Å²) >= 11 is 0. The van der Waals surface area contributed by atoms with E-state index in [4.69, 9.17) is 0 Å². The smallest absolute Gasteiger partial charge is 0.361 e. The van der Waals surface area contributed by atoms with Gasteiger partial charge < -0.3 is 16.0 Å². The Kier molecular flexibility index (Phi) is 12.6. The van der Waals surface area contributed by atoms with Crippen molar-refractivity contribution in [2.75, 3.05) is 18.4 Å². The van der Waals surface area contributed by atoms with Crippen molar-refractivity contribution in [3.05, 3.63) is 152 Å². The lowest BCUT2D eigenvalue weighted by Crippen LogP contribution is -2.24. The van der Waals surface area contributed by atoms with Crippen molar-refractivity contribution in [3.63, 3.8) is 0 Å². The van der Waals surface area contributed by atoms with Crippen molar-refractivity contribution in [1.82, 2.24) is 59.1 Å². The number of fused-ring (bicyclic) bond motifs is 4. The van der Waals surface area contributed by atoms with Crippen LogP contribution in [0.25, 0.3) is 77.5 Å². The molecular weight excluding hydrogens is 911 g/mol. The fourth-order valence-electron chi connectivity index (χ4n) is 7.12. The van der Waals surface area contributed by atoms with Crippen LogP contribution < -0.4 is 27.7 Å². The molecule has 10 rings (SSSR count). The molecule has 8 heterocycles. The predicted molar refractivity (Wildman–Crippen MR) is 247 cm³/mol. The zero-order chi connectivity index (χ0) is 49.4. The van der Waals surface area contributed by atoms with Gasteiger partial charge in [0.15, 0.2) is 0 Å². The Morgan fingerprint density at radius 1 is 0.609 bits per heavy atom. The van der Waals surface area contributed by atoms with Crippen molar-refractivity contribution in [2.45, 2.75) is 26.2 Å². The van der Waals surface area contributed by atoms with Gasteiger partial charge in [0.05, 0.1) is 45.6 Å². The number of nitrogens with one attached hydrogen (secondary N) is 2. The minimum absolute atomic E-state index is 0.0122. The SMILES string of the molecule is Cc1ccc(-c2c(=O)n(-c3ccc4nn(C)cc4c3)nc3ccc(=O)[nH]c23)cn1.Cc1ccc(-c2c(=O)n(-c3ccc4nn(C)cc4c3)nc3ccc(NCC(F)(F)F)nc23)cn1.NCC(F)(F)F. The average molecular weight is 949 g/mol. The third-order valence-electron chi connectivity index (χ3n) is 10.3. The summed E-state index contributed by atoms with van der Waals surface area (Å²) in [6.45, 7) is 1.21. The highest BCUT2D eigenvalue weighted by atomic mass is 19.4. The molecule has 0 unspecified atom stereocenters. The van der Waals surface area contributed by atoms with Gasteiger partial charge in [-0.1, -0.05) is 12.1 Å². The standard InChI is InChI=1S/C23H18F3N7O.C21H16N6O2.C2H4F3N/c1-13-3-4-14(10-27-13)20-21-18(7-8-19(29-21)28-12-23(24,25)26)31-33(22(20)34)16-5-6-17-15(9-16)11-32(2)30-17;1-12-3-4-13(10-22-12)19-20-17(7-8-18(28)23-20)25-27(21(19)29)15-5-6-16-14(9-15)11-26(2)24-16;3-2(4,5)1-6/h3-11H,12H2,1-2H3,(H,28,29);3-11H,1-2H3,(H,23,28);1,6H2. The Bertz CT molecular complexity index is 3710. The Balaban J connectivity index is 0.000000168. The first-order valence-corrected chi connectivity index (χ1v) is 20.6. The second-order valence-corrected chi connectivity index (χ2v) is 15.6. The molecule has 69 heavy (non-hydrogen) atoms. The fourth-order valence-corrected chi connectivity index (χ4v) is 7.12. The van der Waals surface area contributed by atoms with E-state index in [0.29, 0.717) is 44.6 Å². The van der Waals surface area contributed by atoms with Crippen LogP contribution in [0.3, 0.4) is 0 Å². The summed E-state index contributed by atoms with van der Waals surface area (Å²) in [5.74, 6) is -0.0122. The molecule has 17 nitrogen and oxygen atoms in total. The van der Waals surface area contributed by atoms with Crippen LogP contribution in [-0.2, 0) is 14.1 Å². The normalized spacial score (nSPS) is 11.7. The summed E-state index contributed by atoms with van der Waals surface area (Å²) in [4.78, 5) is 54.6. The zero-order valence-corrected chi connectivity index (χ0v) is 36.8. The van der Waals surface area contributed by atoms with Crippen LogP contribution >= 0.6 is 0 Å². The van der Waals surface area contributed by atoms with Crippen molar-refractivity contribution >= 4 is 49.7 Å². The molecule has 0 radical (unpaired) electrons. The van der Waals surface area contributed by atoms with Gasteiger partial charge in [-0.25, -0.2) is 4.98 Å². The first-order valence-electron chi connectivity index (χ1n) is 20.6.